The molecule has 1 aliphatic rings. The van der Waals surface area contributed by atoms with Crippen LogP contribution in [0.2, 0.25) is 0 Å². The molecule has 82 valence electrons. The minimum Gasteiger partial charge on any atom is -0.351 e. The first-order valence-electron chi connectivity index (χ1n) is 5.09. The zero-order valence-corrected chi connectivity index (χ0v) is 10.0. The van der Waals surface area contributed by atoms with Gasteiger partial charge in [0.1, 0.15) is 0 Å². The Morgan fingerprint density at radius 1 is 1.57 bits per heavy atom. The highest BCUT2D eigenvalue weighted by molar-refractivity contribution is 7.99. The molecule has 1 unspecified atom stereocenters. The van der Waals surface area contributed by atoms with Crippen LogP contribution in [-0.2, 0) is 4.79 Å². The van der Waals surface area contributed by atoms with Gasteiger partial charge in [-0.3, -0.25) is 4.79 Å². The van der Waals surface area contributed by atoms with E-state index in [9.17, 15) is 4.79 Å². The lowest BCUT2D eigenvalue weighted by Crippen LogP contribution is -2.46. The van der Waals surface area contributed by atoms with Crippen LogP contribution in [0.25, 0.3) is 0 Å². The Balaban J connectivity index is 2.25. The largest absolute Gasteiger partial charge is 0.351 e. The van der Waals surface area contributed by atoms with Crippen LogP contribution in [0.4, 0.5) is 0 Å². The van der Waals surface area contributed by atoms with Gasteiger partial charge in [0.25, 0.3) is 0 Å². The quantitative estimate of drug-likeness (QED) is 0.723. The molecule has 1 rings (SSSR count). The third-order valence-corrected chi connectivity index (χ3v) is 3.08. The fourth-order valence-corrected chi connectivity index (χ4v) is 2.39. The lowest BCUT2D eigenvalue weighted by molar-refractivity contribution is -0.122. The molecule has 0 saturated carbocycles. The molecule has 1 fully saturated rings. The van der Waals surface area contributed by atoms with E-state index in [1.807, 2.05) is 32.5 Å². The molecule has 0 bridgehead atoms. The van der Waals surface area contributed by atoms with Gasteiger partial charge in [-0.2, -0.15) is 11.8 Å². The summed E-state index contributed by atoms with van der Waals surface area (Å²) < 4.78 is 0. The first kappa shape index (κ1) is 11.9. The average Bonchev–Trinajstić information content (AvgIpc) is 2.02. The van der Waals surface area contributed by atoms with E-state index >= 15 is 0 Å². The number of hydrogen-bond donors (Lipinski definition) is 2. The second-order valence-corrected chi connectivity index (χ2v) is 5.88. The first-order chi connectivity index (χ1) is 6.47. The summed E-state index contributed by atoms with van der Waals surface area (Å²) in [6.45, 7) is 7.05. The molecule has 0 spiro atoms. The Morgan fingerprint density at radius 2 is 2.29 bits per heavy atom. The van der Waals surface area contributed by atoms with E-state index < -0.39 is 0 Å². The van der Waals surface area contributed by atoms with E-state index in [0.29, 0.717) is 12.5 Å². The molecule has 14 heavy (non-hydrogen) atoms. The Hall–Kier alpha value is -0.220. The summed E-state index contributed by atoms with van der Waals surface area (Å²) in [5.41, 5.74) is -0.112. The zero-order chi connectivity index (χ0) is 10.6. The van der Waals surface area contributed by atoms with Gasteiger partial charge in [-0.25, -0.2) is 0 Å². The summed E-state index contributed by atoms with van der Waals surface area (Å²) in [5, 5.41) is 6.33. The number of rotatable bonds is 2. The van der Waals surface area contributed by atoms with Crippen LogP contribution >= 0.6 is 11.8 Å². The smallest absolute Gasteiger partial charge is 0.221 e. The summed E-state index contributed by atoms with van der Waals surface area (Å²) >= 11 is 1.92. The Bertz CT molecular complexity index is 195. The van der Waals surface area contributed by atoms with Gasteiger partial charge in [0.05, 0.1) is 0 Å². The second-order valence-electron chi connectivity index (χ2n) is 4.73. The van der Waals surface area contributed by atoms with Crippen LogP contribution < -0.4 is 10.6 Å². The average molecular weight is 216 g/mol. The third-order valence-electron chi connectivity index (χ3n) is 1.94. The summed E-state index contributed by atoms with van der Waals surface area (Å²) in [7, 11) is 0. The van der Waals surface area contributed by atoms with Gasteiger partial charge >= 0.3 is 0 Å². The lowest BCUT2D eigenvalue weighted by atomic mass is 10.1. The molecule has 0 aliphatic carbocycles. The first-order valence-corrected chi connectivity index (χ1v) is 6.25. The number of carbonyl (C=O) groups is 1. The van der Waals surface area contributed by atoms with Gasteiger partial charge in [0, 0.05) is 36.1 Å². The maximum absolute atomic E-state index is 11.6. The molecule has 0 aromatic carbocycles. The van der Waals surface area contributed by atoms with Crippen LogP contribution in [0, 0.1) is 0 Å². The minimum absolute atomic E-state index is 0.112. The van der Waals surface area contributed by atoms with E-state index in [2.05, 4.69) is 10.6 Å². The van der Waals surface area contributed by atoms with Crippen molar-refractivity contribution in [3.05, 3.63) is 0 Å². The Kier molecular flexibility index (Phi) is 4.26. The number of thioether (sulfide) groups is 1. The highest BCUT2D eigenvalue weighted by Gasteiger charge is 2.19. The molecule has 1 amide bonds. The fraction of sp³-hybridized carbons (Fsp3) is 0.900. The van der Waals surface area contributed by atoms with Crippen LogP contribution in [0.5, 0.6) is 0 Å². The molecule has 2 N–H and O–H groups in total. The van der Waals surface area contributed by atoms with Crippen molar-refractivity contribution >= 4 is 17.7 Å². The number of amides is 1. The summed E-state index contributed by atoms with van der Waals surface area (Å²) in [6, 6.07) is 0.357. The molecule has 4 heteroatoms. The molecule has 1 saturated heterocycles. The molecular weight excluding hydrogens is 196 g/mol. The van der Waals surface area contributed by atoms with Crippen LogP contribution in [0.15, 0.2) is 0 Å². The van der Waals surface area contributed by atoms with Crippen molar-refractivity contribution in [1.82, 2.24) is 10.6 Å². The SMILES string of the molecule is CC(C)(C)NC(=O)CC1CSCCN1. The lowest BCUT2D eigenvalue weighted by Gasteiger charge is -2.25. The molecule has 1 aliphatic heterocycles. The van der Waals surface area contributed by atoms with Gasteiger partial charge in [-0.15, -0.1) is 0 Å². The topological polar surface area (TPSA) is 41.1 Å². The molecule has 0 aromatic heterocycles. The third kappa shape index (κ3) is 4.86. The van der Waals surface area contributed by atoms with Crippen molar-refractivity contribution in [2.45, 2.75) is 38.8 Å². The highest BCUT2D eigenvalue weighted by atomic mass is 32.2. The summed E-state index contributed by atoms with van der Waals surface area (Å²) in [5.74, 6) is 2.37. The van der Waals surface area contributed by atoms with E-state index in [1.54, 1.807) is 0 Å². The standard InChI is InChI=1S/C10H20N2OS/c1-10(2,3)12-9(13)6-8-7-14-5-4-11-8/h8,11H,4-7H2,1-3H3,(H,12,13). The van der Waals surface area contributed by atoms with E-state index in [0.717, 1.165) is 18.1 Å². The Labute approximate surface area is 90.4 Å². The molecular formula is C10H20N2OS. The van der Waals surface area contributed by atoms with Crippen molar-refractivity contribution in [2.75, 3.05) is 18.1 Å². The van der Waals surface area contributed by atoms with Crippen molar-refractivity contribution < 1.29 is 4.79 Å². The van der Waals surface area contributed by atoms with Crippen molar-refractivity contribution in [1.29, 1.82) is 0 Å². The van der Waals surface area contributed by atoms with E-state index in [4.69, 9.17) is 0 Å². The molecule has 0 aromatic rings. The van der Waals surface area contributed by atoms with Crippen molar-refractivity contribution in [3.8, 4) is 0 Å². The summed E-state index contributed by atoms with van der Waals surface area (Å²) in [4.78, 5) is 11.6. The van der Waals surface area contributed by atoms with Gasteiger partial charge in [0.2, 0.25) is 5.91 Å². The number of nitrogens with one attached hydrogen (secondary N) is 2. The normalized spacial score (nSPS) is 23.2. The predicted molar refractivity (Wildman–Crippen MR) is 61.6 cm³/mol. The van der Waals surface area contributed by atoms with Crippen LogP contribution in [0.1, 0.15) is 27.2 Å². The molecule has 1 heterocycles. The van der Waals surface area contributed by atoms with E-state index in [1.165, 1.54) is 0 Å². The maximum atomic E-state index is 11.6. The van der Waals surface area contributed by atoms with Crippen LogP contribution in [-0.4, -0.2) is 35.5 Å². The number of hydrogen-bond acceptors (Lipinski definition) is 3. The highest BCUT2D eigenvalue weighted by Crippen LogP contribution is 2.10. The Morgan fingerprint density at radius 3 is 2.79 bits per heavy atom. The van der Waals surface area contributed by atoms with Gasteiger partial charge in [-0.05, 0) is 20.8 Å². The fourth-order valence-electron chi connectivity index (χ4n) is 1.44. The van der Waals surface area contributed by atoms with Crippen molar-refractivity contribution in [3.63, 3.8) is 0 Å². The minimum atomic E-state index is -0.112. The van der Waals surface area contributed by atoms with Gasteiger partial charge < -0.3 is 10.6 Å². The summed E-state index contributed by atoms with van der Waals surface area (Å²) in [6.07, 6.45) is 0.601. The zero-order valence-electron chi connectivity index (χ0n) is 9.22. The van der Waals surface area contributed by atoms with Gasteiger partial charge in [0.15, 0.2) is 0 Å². The molecule has 3 nitrogen and oxygen atoms in total. The molecule has 0 radical (unpaired) electrons. The van der Waals surface area contributed by atoms with E-state index in [-0.39, 0.29) is 11.4 Å². The number of carbonyl (C=O) groups excluding carboxylic acids is 1. The maximum Gasteiger partial charge on any atom is 0.221 e. The predicted octanol–water partition coefficient (Wildman–Crippen LogP) is 0.996. The monoisotopic (exact) mass is 216 g/mol. The molecule has 1 atom stereocenters. The van der Waals surface area contributed by atoms with Crippen molar-refractivity contribution in [2.24, 2.45) is 0 Å². The van der Waals surface area contributed by atoms with Gasteiger partial charge in [-0.1, -0.05) is 0 Å². The second kappa shape index (κ2) is 5.03. The van der Waals surface area contributed by atoms with Crippen LogP contribution in [0.3, 0.4) is 0 Å².